The number of aromatic nitrogens is 2. The molecule has 0 radical (unpaired) electrons. The van der Waals surface area contributed by atoms with Gasteiger partial charge in [0.25, 0.3) is 5.56 Å². The third-order valence-electron chi connectivity index (χ3n) is 6.56. The van der Waals surface area contributed by atoms with Crippen LogP contribution in [0, 0.1) is 0 Å². The fraction of sp³-hybridized carbons (Fsp3) is 0.267. The third-order valence-corrected chi connectivity index (χ3v) is 7.74. The first-order chi connectivity index (χ1) is 19.1. The molecule has 2 heterocycles. The number of carbonyl (C=O) groups is 2. The number of benzene rings is 3. The fourth-order valence-corrected chi connectivity index (χ4v) is 5.50. The van der Waals surface area contributed by atoms with E-state index < -0.39 is 17.1 Å². The van der Waals surface area contributed by atoms with E-state index in [4.69, 9.17) is 9.72 Å². The molecule has 0 aliphatic carbocycles. The molecule has 9 heteroatoms. The van der Waals surface area contributed by atoms with E-state index in [0.717, 1.165) is 35.7 Å². The minimum atomic E-state index is -1.17. The number of hydrogen-bond acceptors (Lipinski definition) is 6. The Kier molecular flexibility index (Phi) is 8.70. The van der Waals surface area contributed by atoms with Gasteiger partial charge in [-0.15, -0.1) is 0 Å². The Morgan fingerprint density at radius 2 is 1.49 bits per heavy atom. The van der Waals surface area contributed by atoms with E-state index in [-0.39, 0.29) is 24.8 Å². The fourth-order valence-electron chi connectivity index (χ4n) is 4.48. The van der Waals surface area contributed by atoms with Crippen LogP contribution in [0.1, 0.15) is 24.0 Å². The molecule has 5 rings (SSSR count). The highest BCUT2D eigenvalue weighted by atomic mass is 32.2. The standard InChI is InChI=1S/C30H30N4O4S/c35-27(31-18-21-10-3-1-4-11-21)26(28(36)32-19-22-12-5-2-6-13-22)39-30-33-25-16-8-7-15-24(25)29(37)34(30)20-23-14-9-17-38-23/h1-8,10-13,15-16,23,26H,9,14,17-20H2,(H,31,35)(H,32,36)/t23-/m1/s1. The van der Waals surface area contributed by atoms with Gasteiger partial charge in [-0.05, 0) is 36.1 Å². The summed E-state index contributed by atoms with van der Waals surface area (Å²) in [5, 5.41) is 5.39. The number of amides is 2. The van der Waals surface area contributed by atoms with Crippen molar-refractivity contribution in [1.29, 1.82) is 0 Å². The molecule has 1 saturated heterocycles. The van der Waals surface area contributed by atoms with Gasteiger partial charge >= 0.3 is 0 Å². The van der Waals surface area contributed by atoms with Gasteiger partial charge in [-0.1, -0.05) is 84.6 Å². The number of nitrogens with one attached hydrogen (secondary N) is 2. The van der Waals surface area contributed by atoms with E-state index >= 15 is 0 Å². The first kappa shape index (κ1) is 26.6. The maximum atomic E-state index is 13.5. The lowest BCUT2D eigenvalue weighted by molar-refractivity contribution is -0.128. The van der Waals surface area contributed by atoms with Gasteiger partial charge in [0, 0.05) is 19.7 Å². The van der Waals surface area contributed by atoms with Crippen LogP contribution in [0.25, 0.3) is 10.9 Å². The average Bonchev–Trinajstić information content (AvgIpc) is 3.49. The summed E-state index contributed by atoms with van der Waals surface area (Å²) in [6.07, 6.45) is 1.64. The van der Waals surface area contributed by atoms with Crippen LogP contribution >= 0.6 is 11.8 Å². The van der Waals surface area contributed by atoms with Gasteiger partial charge in [-0.25, -0.2) is 4.98 Å². The second-order valence-corrected chi connectivity index (χ2v) is 10.4. The highest BCUT2D eigenvalue weighted by molar-refractivity contribution is 8.01. The second kappa shape index (κ2) is 12.7. The van der Waals surface area contributed by atoms with Crippen LogP contribution in [0.3, 0.4) is 0 Å². The number of ether oxygens (including phenoxy) is 1. The largest absolute Gasteiger partial charge is 0.376 e. The van der Waals surface area contributed by atoms with E-state index in [1.54, 1.807) is 22.8 Å². The third kappa shape index (κ3) is 6.74. The Balaban J connectivity index is 1.44. The van der Waals surface area contributed by atoms with Gasteiger partial charge < -0.3 is 15.4 Å². The number of para-hydroxylation sites is 1. The summed E-state index contributed by atoms with van der Waals surface area (Å²) < 4.78 is 7.35. The van der Waals surface area contributed by atoms with Crippen molar-refractivity contribution in [1.82, 2.24) is 20.2 Å². The van der Waals surface area contributed by atoms with Crippen molar-refractivity contribution in [2.24, 2.45) is 0 Å². The Bertz CT molecular complexity index is 1430. The van der Waals surface area contributed by atoms with Crippen molar-refractivity contribution in [3.63, 3.8) is 0 Å². The van der Waals surface area contributed by atoms with E-state index in [1.807, 2.05) is 66.7 Å². The number of nitrogens with zero attached hydrogens (tertiary/aromatic N) is 2. The molecular formula is C30H30N4O4S. The molecule has 2 N–H and O–H groups in total. The SMILES string of the molecule is O=C(NCc1ccccc1)C(Sc1nc2ccccc2c(=O)n1C[C@H]1CCCO1)C(=O)NCc1ccccc1. The number of rotatable bonds is 10. The Hall–Kier alpha value is -3.95. The zero-order chi connectivity index (χ0) is 27.0. The topological polar surface area (TPSA) is 102 Å². The predicted molar refractivity (Wildman–Crippen MR) is 151 cm³/mol. The summed E-state index contributed by atoms with van der Waals surface area (Å²) in [4.78, 5) is 45.2. The summed E-state index contributed by atoms with van der Waals surface area (Å²) in [5.74, 6) is -0.916. The highest BCUT2D eigenvalue weighted by Crippen LogP contribution is 2.25. The van der Waals surface area contributed by atoms with Gasteiger partial charge in [-0.2, -0.15) is 0 Å². The first-order valence-electron chi connectivity index (χ1n) is 13.0. The molecule has 1 aliphatic rings. The van der Waals surface area contributed by atoms with Gasteiger partial charge in [-0.3, -0.25) is 19.0 Å². The van der Waals surface area contributed by atoms with Crippen molar-refractivity contribution in [2.75, 3.05) is 6.61 Å². The molecule has 1 atom stereocenters. The van der Waals surface area contributed by atoms with Gasteiger partial charge in [0.2, 0.25) is 11.8 Å². The molecule has 4 aromatic rings. The quantitative estimate of drug-likeness (QED) is 0.180. The zero-order valence-electron chi connectivity index (χ0n) is 21.4. The first-order valence-corrected chi connectivity index (χ1v) is 13.9. The molecule has 2 amide bonds. The van der Waals surface area contributed by atoms with Crippen LogP contribution in [0.2, 0.25) is 0 Å². The maximum absolute atomic E-state index is 13.5. The lowest BCUT2D eigenvalue weighted by Gasteiger charge is -2.20. The van der Waals surface area contributed by atoms with E-state index in [0.29, 0.717) is 29.2 Å². The molecule has 0 spiro atoms. The molecule has 1 aliphatic heterocycles. The number of fused-ring (bicyclic) bond motifs is 1. The van der Waals surface area contributed by atoms with E-state index in [9.17, 15) is 14.4 Å². The lowest BCUT2D eigenvalue weighted by atomic mass is 10.2. The minimum absolute atomic E-state index is 0.123. The second-order valence-electron chi connectivity index (χ2n) is 9.37. The average molecular weight is 543 g/mol. The summed E-state index contributed by atoms with van der Waals surface area (Å²) in [6.45, 7) is 1.51. The molecule has 8 nitrogen and oxygen atoms in total. The van der Waals surface area contributed by atoms with E-state index in [1.165, 1.54) is 0 Å². The number of carbonyl (C=O) groups excluding carboxylic acids is 2. The highest BCUT2D eigenvalue weighted by Gasteiger charge is 2.31. The number of thioether (sulfide) groups is 1. The van der Waals surface area contributed by atoms with Gasteiger partial charge in [0.1, 0.15) is 0 Å². The molecule has 3 aromatic carbocycles. The molecule has 200 valence electrons. The van der Waals surface area contributed by atoms with Crippen molar-refractivity contribution in [3.8, 4) is 0 Å². The summed E-state index contributed by atoms with van der Waals surface area (Å²) in [7, 11) is 0. The van der Waals surface area contributed by atoms with Crippen LogP contribution in [0.5, 0.6) is 0 Å². The molecular weight excluding hydrogens is 512 g/mol. The molecule has 0 saturated carbocycles. The van der Waals surface area contributed by atoms with Crippen LogP contribution in [-0.2, 0) is 34.0 Å². The smallest absolute Gasteiger partial charge is 0.262 e. The maximum Gasteiger partial charge on any atom is 0.262 e. The normalized spacial score (nSPS) is 14.9. The van der Waals surface area contributed by atoms with Crippen LogP contribution in [0.15, 0.2) is 94.9 Å². The van der Waals surface area contributed by atoms with Crippen molar-refractivity contribution in [3.05, 3.63) is 106 Å². The van der Waals surface area contributed by atoms with Crippen molar-refractivity contribution in [2.45, 2.75) is 49.0 Å². The van der Waals surface area contributed by atoms with Crippen molar-refractivity contribution < 1.29 is 14.3 Å². The molecule has 39 heavy (non-hydrogen) atoms. The Morgan fingerprint density at radius 3 is 2.08 bits per heavy atom. The van der Waals surface area contributed by atoms with Crippen molar-refractivity contribution >= 4 is 34.5 Å². The monoisotopic (exact) mass is 542 g/mol. The van der Waals surface area contributed by atoms with Gasteiger partial charge in [0.05, 0.1) is 23.6 Å². The van der Waals surface area contributed by atoms with Gasteiger partial charge in [0.15, 0.2) is 10.4 Å². The Labute approximate surface area is 230 Å². The van der Waals surface area contributed by atoms with Crippen LogP contribution in [-0.4, -0.2) is 39.3 Å². The minimum Gasteiger partial charge on any atom is -0.376 e. The predicted octanol–water partition coefficient (Wildman–Crippen LogP) is 3.67. The summed E-state index contributed by atoms with van der Waals surface area (Å²) in [5.41, 5.74) is 2.13. The molecule has 0 bridgehead atoms. The summed E-state index contributed by atoms with van der Waals surface area (Å²) >= 11 is 0.986. The zero-order valence-corrected chi connectivity index (χ0v) is 22.2. The molecule has 0 unspecified atom stereocenters. The van der Waals surface area contributed by atoms with Crippen LogP contribution in [0.4, 0.5) is 0 Å². The Morgan fingerprint density at radius 1 is 0.897 bits per heavy atom. The summed E-state index contributed by atoms with van der Waals surface area (Å²) in [6, 6.07) is 26.1. The van der Waals surface area contributed by atoms with Crippen LogP contribution < -0.4 is 16.2 Å². The van der Waals surface area contributed by atoms with E-state index in [2.05, 4.69) is 10.6 Å². The lowest BCUT2D eigenvalue weighted by Crippen LogP contribution is -2.44. The molecule has 1 fully saturated rings. The number of hydrogen-bond donors (Lipinski definition) is 2. The molecule has 1 aromatic heterocycles.